The summed E-state index contributed by atoms with van der Waals surface area (Å²) in [5, 5.41) is 9.76. The lowest BCUT2D eigenvalue weighted by molar-refractivity contribution is -0.134. The third-order valence-electron chi connectivity index (χ3n) is 3.83. The van der Waals surface area contributed by atoms with Crippen LogP contribution >= 0.6 is 11.3 Å². The average Bonchev–Trinajstić information content (AvgIpc) is 3.17. The Labute approximate surface area is 172 Å². The monoisotopic (exact) mass is 408 g/mol. The summed E-state index contributed by atoms with van der Waals surface area (Å²) in [6.07, 6.45) is 0. The Morgan fingerprint density at radius 3 is 2.45 bits per heavy atom. The molecule has 29 heavy (non-hydrogen) atoms. The van der Waals surface area contributed by atoms with Crippen LogP contribution in [0, 0.1) is 0 Å². The molecule has 3 aromatic rings. The zero-order valence-corrected chi connectivity index (χ0v) is 16.8. The topological polar surface area (TPSA) is 92.7 Å². The zero-order chi connectivity index (χ0) is 20.6. The highest BCUT2D eigenvalue weighted by Gasteiger charge is 2.19. The Bertz CT molecular complexity index is 1010. The van der Waals surface area contributed by atoms with E-state index in [1.807, 2.05) is 30.3 Å². The van der Waals surface area contributed by atoms with E-state index in [9.17, 15) is 9.59 Å². The van der Waals surface area contributed by atoms with Gasteiger partial charge in [0.2, 0.25) is 0 Å². The Kier molecular flexibility index (Phi) is 6.70. The number of ether oxygens (including phenoxy) is 1. The van der Waals surface area contributed by atoms with Crippen LogP contribution in [0.5, 0.6) is 0 Å². The molecule has 2 N–H and O–H groups in total. The van der Waals surface area contributed by atoms with Gasteiger partial charge in [-0.05, 0) is 50.2 Å². The molecule has 1 heterocycles. The lowest BCUT2D eigenvalue weighted by Crippen LogP contribution is -2.20. The fraction of sp³-hybridized carbons (Fsp3) is 0.143. The first-order chi connectivity index (χ1) is 14.1. The van der Waals surface area contributed by atoms with Crippen LogP contribution in [0.15, 0.2) is 65.1 Å². The Morgan fingerprint density at radius 2 is 1.79 bits per heavy atom. The third kappa shape index (κ3) is 5.49. The largest absolute Gasteiger partial charge is 0.461 e. The summed E-state index contributed by atoms with van der Waals surface area (Å²) in [6, 6.07) is 16.4. The molecule has 148 valence electrons. The molecular weight excluding hydrogens is 388 g/mol. The van der Waals surface area contributed by atoms with Crippen LogP contribution < -0.4 is 10.7 Å². The molecule has 0 amide bonds. The Hall–Kier alpha value is -3.52. The quantitative estimate of drug-likeness (QED) is 0.247. The molecule has 1 aromatic heterocycles. The molecule has 0 radical (unpaired) electrons. The SMILES string of the molecule is CCOC(=O)/C(=N/Nc1ccc(C(C)=O)cc1)c1csc(Nc2ccccc2)n1. The van der Waals surface area contributed by atoms with Crippen molar-refractivity contribution in [2.24, 2.45) is 5.10 Å². The number of carbonyl (C=O) groups is 2. The maximum Gasteiger partial charge on any atom is 0.361 e. The first-order valence-corrected chi connectivity index (χ1v) is 9.84. The average molecular weight is 408 g/mol. The summed E-state index contributed by atoms with van der Waals surface area (Å²) in [5.41, 5.74) is 5.43. The Morgan fingerprint density at radius 1 is 1.07 bits per heavy atom. The van der Waals surface area contributed by atoms with Gasteiger partial charge in [0, 0.05) is 16.6 Å². The van der Waals surface area contributed by atoms with Gasteiger partial charge in [-0.25, -0.2) is 9.78 Å². The predicted octanol–water partition coefficient (Wildman–Crippen LogP) is 4.47. The fourth-order valence-corrected chi connectivity index (χ4v) is 3.11. The second-order valence-corrected chi connectivity index (χ2v) is 6.81. The molecule has 0 saturated heterocycles. The number of hydrogen-bond donors (Lipinski definition) is 2. The Balaban J connectivity index is 1.80. The first kappa shape index (κ1) is 20.2. The molecule has 3 rings (SSSR count). The van der Waals surface area contributed by atoms with Crippen molar-refractivity contribution in [2.45, 2.75) is 13.8 Å². The molecule has 0 aliphatic rings. The number of thiazole rings is 1. The van der Waals surface area contributed by atoms with Crippen molar-refractivity contribution in [1.82, 2.24) is 4.98 Å². The van der Waals surface area contributed by atoms with Gasteiger partial charge in [0.05, 0.1) is 12.3 Å². The minimum Gasteiger partial charge on any atom is -0.461 e. The van der Waals surface area contributed by atoms with Crippen LogP contribution in [0.4, 0.5) is 16.5 Å². The van der Waals surface area contributed by atoms with Crippen molar-refractivity contribution >= 4 is 45.3 Å². The van der Waals surface area contributed by atoms with Crippen molar-refractivity contribution in [2.75, 3.05) is 17.3 Å². The number of hydrazone groups is 1. The lowest BCUT2D eigenvalue weighted by atomic mass is 10.1. The van der Waals surface area contributed by atoms with E-state index in [1.165, 1.54) is 18.3 Å². The summed E-state index contributed by atoms with van der Waals surface area (Å²) >= 11 is 1.36. The molecule has 8 heteroatoms. The molecule has 0 saturated carbocycles. The maximum atomic E-state index is 12.4. The molecule has 0 atom stereocenters. The van der Waals surface area contributed by atoms with Crippen LogP contribution in [0.1, 0.15) is 29.9 Å². The minimum atomic E-state index is -0.572. The standard InChI is InChI=1S/C21H20N4O3S/c1-3-28-20(27)19(25-24-17-11-9-15(10-12-17)14(2)26)18-13-29-21(23-18)22-16-7-5-4-6-8-16/h4-13,24H,3H2,1-2H3,(H,22,23)/b25-19+. The number of nitrogens with one attached hydrogen (secondary N) is 2. The zero-order valence-electron chi connectivity index (χ0n) is 16.0. The van der Waals surface area contributed by atoms with Gasteiger partial charge in [0.15, 0.2) is 16.6 Å². The van der Waals surface area contributed by atoms with Gasteiger partial charge in [0.25, 0.3) is 0 Å². The third-order valence-corrected chi connectivity index (χ3v) is 4.59. The number of anilines is 3. The van der Waals surface area contributed by atoms with Gasteiger partial charge in [-0.1, -0.05) is 18.2 Å². The highest BCUT2D eigenvalue weighted by atomic mass is 32.1. The molecule has 0 aliphatic carbocycles. The van der Waals surface area contributed by atoms with Crippen LogP contribution in [0.2, 0.25) is 0 Å². The minimum absolute atomic E-state index is 0.0202. The van der Waals surface area contributed by atoms with Gasteiger partial charge in [0.1, 0.15) is 5.69 Å². The van der Waals surface area contributed by atoms with E-state index in [2.05, 4.69) is 20.8 Å². The number of Topliss-reactive ketones (excluding diaryl/α,β-unsaturated/α-hetero) is 1. The van der Waals surface area contributed by atoms with Crippen molar-refractivity contribution in [3.8, 4) is 0 Å². The van der Waals surface area contributed by atoms with E-state index >= 15 is 0 Å². The van der Waals surface area contributed by atoms with Crippen molar-refractivity contribution in [1.29, 1.82) is 0 Å². The summed E-state index contributed by atoms with van der Waals surface area (Å²) in [4.78, 5) is 28.2. The highest BCUT2D eigenvalue weighted by molar-refractivity contribution is 7.14. The number of rotatable bonds is 8. The van der Waals surface area contributed by atoms with Crippen molar-refractivity contribution < 1.29 is 14.3 Å². The van der Waals surface area contributed by atoms with Crippen molar-refractivity contribution in [3.05, 3.63) is 71.2 Å². The molecule has 0 unspecified atom stereocenters. The summed E-state index contributed by atoms with van der Waals surface area (Å²) in [5.74, 6) is -0.593. The van der Waals surface area contributed by atoms with E-state index in [1.54, 1.807) is 36.6 Å². The summed E-state index contributed by atoms with van der Waals surface area (Å²) in [7, 11) is 0. The predicted molar refractivity (Wildman–Crippen MR) is 115 cm³/mol. The van der Waals surface area contributed by atoms with Crippen LogP contribution in [0.25, 0.3) is 0 Å². The second-order valence-electron chi connectivity index (χ2n) is 5.96. The van der Waals surface area contributed by atoms with E-state index in [0.717, 1.165) is 5.69 Å². The summed E-state index contributed by atoms with van der Waals surface area (Å²) in [6.45, 7) is 3.46. The highest BCUT2D eigenvalue weighted by Crippen LogP contribution is 2.21. The number of ketones is 1. The summed E-state index contributed by atoms with van der Waals surface area (Å²) < 4.78 is 5.11. The normalized spacial score (nSPS) is 11.0. The number of esters is 1. The van der Waals surface area contributed by atoms with E-state index in [4.69, 9.17) is 4.74 Å². The molecule has 7 nitrogen and oxygen atoms in total. The molecule has 2 aromatic carbocycles. The fourth-order valence-electron chi connectivity index (χ4n) is 2.39. The lowest BCUT2D eigenvalue weighted by Gasteiger charge is -2.06. The van der Waals surface area contributed by atoms with Crippen LogP contribution in [-0.4, -0.2) is 29.1 Å². The van der Waals surface area contributed by atoms with E-state index in [-0.39, 0.29) is 18.1 Å². The molecular formula is C21H20N4O3S. The second kappa shape index (κ2) is 9.61. The number of para-hydroxylation sites is 1. The van der Waals surface area contributed by atoms with Gasteiger partial charge < -0.3 is 10.1 Å². The molecule has 0 bridgehead atoms. The van der Waals surface area contributed by atoms with Gasteiger partial charge >= 0.3 is 5.97 Å². The maximum absolute atomic E-state index is 12.4. The number of aromatic nitrogens is 1. The van der Waals surface area contributed by atoms with Gasteiger partial charge in [-0.3, -0.25) is 10.2 Å². The number of carbonyl (C=O) groups excluding carboxylic acids is 2. The molecule has 0 fully saturated rings. The smallest absolute Gasteiger partial charge is 0.361 e. The van der Waals surface area contributed by atoms with Crippen molar-refractivity contribution in [3.63, 3.8) is 0 Å². The van der Waals surface area contributed by atoms with E-state index < -0.39 is 5.97 Å². The number of hydrogen-bond acceptors (Lipinski definition) is 8. The molecule has 0 spiro atoms. The van der Waals surface area contributed by atoms with E-state index in [0.29, 0.717) is 22.1 Å². The van der Waals surface area contributed by atoms with Gasteiger partial charge in [-0.15, -0.1) is 11.3 Å². The van der Waals surface area contributed by atoms with Gasteiger partial charge in [-0.2, -0.15) is 5.10 Å². The number of benzene rings is 2. The van der Waals surface area contributed by atoms with Crippen LogP contribution in [-0.2, 0) is 9.53 Å². The number of nitrogens with zero attached hydrogens (tertiary/aromatic N) is 2. The first-order valence-electron chi connectivity index (χ1n) is 8.96. The molecule has 0 aliphatic heterocycles. The van der Waals surface area contributed by atoms with Crippen LogP contribution in [0.3, 0.4) is 0 Å².